The number of nitrogens with zero attached hydrogens (tertiary/aromatic N) is 2. The van der Waals surface area contributed by atoms with E-state index in [1.54, 1.807) is 0 Å². The van der Waals surface area contributed by atoms with E-state index in [1.807, 2.05) is 0 Å². The maximum absolute atomic E-state index is 6.47. The van der Waals surface area contributed by atoms with E-state index in [1.165, 1.54) is 25.0 Å². The second kappa shape index (κ2) is 6.07. The maximum atomic E-state index is 6.47. The molecule has 1 aliphatic carbocycles. The number of aromatic nitrogens is 2. The summed E-state index contributed by atoms with van der Waals surface area (Å²) in [6.45, 7) is 5.16. The molecule has 3 nitrogen and oxygen atoms in total. The van der Waals surface area contributed by atoms with Gasteiger partial charge in [-0.2, -0.15) is 5.10 Å². The summed E-state index contributed by atoms with van der Waals surface area (Å²) >= 11 is 6.47. The summed E-state index contributed by atoms with van der Waals surface area (Å²) in [6, 6.07) is 0.645. The first-order valence-corrected chi connectivity index (χ1v) is 7.50. The monoisotopic (exact) mass is 269 g/mol. The Balaban J connectivity index is 2.19. The molecule has 102 valence electrons. The van der Waals surface area contributed by atoms with Crippen LogP contribution in [0.1, 0.15) is 44.5 Å². The molecule has 2 unspecified atom stereocenters. The van der Waals surface area contributed by atoms with Crippen LogP contribution in [0.4, 0.5) is 0 Å². The average Bonchev–Trinajstić information content (AvgIpc) is 2.95. The van der Waals surface area contributed by atoms with Crippen LogP contribution in [0, 0.1) is 5.92 Å². The van der Waals surface area contributed by atoms with Crippen LogP contribution in [0.2, 0.25) is 5.02 Å². The topological polar surface area (TPSA) is 29.9 Å². The first-order chi connectivity index (χ1) is 8.71. The van der Waals surface area contributed by atoms with Crippen LogP contribution in [0.3, 0.4) is 0 Å². The van der Waals surface area contributed by atoms with Gasteiger partial charge in [0.15, 0.2) is 0 Å². The predicted octanol–water partition coefficient (Wildman–Crippen LogP) is 3.05. The lowest BCUT2D eigenvalue weighted by Crippen LogP contribution is -2.30. The molecule has 0 aromatic carbocycles. The van der Waals surface area contributed by atoms with E-state index in [-0.39, 0.29) is 0 Å². The molecule has 0 radical (unpaired) electrons. The number of halogens is 1. The van der Waals surface area contributed by atoms with E-state index < -0.39 is 0 Å². The largest absolute Gasteiger partial charge is 0.317 e. The lowest BCUT2D eigenvalue weighted by atomic mass is 9.97. The number of hydrogen-bond acceptors (Lipinski definition) is 2. The Labute approximate surface area is 115 Å². The quantitative estimate of drug-likeness (QED) is 0.890. The highest BCUT2D eigenvalue weighted by molar-refractivity contribution is 6.31. The number of hydrogen-bond donors (Lipinski definition) is 1. The predicted molar refractivity (Wildman–Crippen MR) is 76.2 cm³/mol. The van der Waals surface area contributed by atoms with Crippen molar-refractivity contribution in [1.82, 2.24) is 15.1 Å². The Hall–Kier alpha value is -0.540. The van der Waals surface area contributed by atoms with Crippen LogP contribution >= 0.6 is 11.6 Å². The molecule has 1 aromatic rings. The molecule has 1 N–H and O–H groups in total. The molecule has 0 amide bonds. The first kappa shape index (κ1) is 13.9. The normalized spacial score (nSPS) is 23.8. The van der Waals surface area contributed by atoms with Crippen molar-refractivity contribution in [2.24, 2.45) is 5.92 Å². The van der Waals surface area contributed by atoms with E-state index >= 15 is 0 Å². The van der Waals surface area contributed by atoms with Crippen LogP contribution in [0.25, 0.3) is 0 Å². The molecule has 1 heterocycles. The summed E-state index contributed by atoms with van der Waals surface area (Å²) in [5.74, 6) is 0.708. The SMILES string of the molecule is CCc1nn(CC)c(CC2CCCC2NC)c1Cl. The van der Waals surface area contributed by atoms with Gasteiger partial charge in [-0.1, -0.05) is 24.9 Å². The molecule has 1 aliphatic rings. The second-order valence-corrected chi connectivity index (χ2v) is 5.54. The van der Waals surface area contributed by atoms with Crippen molar-refractivity contribution in [2.75, 3.05) is 7.05 Å². The van der Waals surface area contributed by atoms with Gasteiger partial charge in [0.1, 0.15) is 0 Å². The highest BCUT2D eigenvalue weighted by Gasteiger charge is 2.28. The van der Waals surface area contributed by atoms with Gasteiger partial charge in [0.25, 0.3) is 0 Å². The molecular weight excluding hydrogens is 246 g/mol. The Bertz CT molecular complexity index is 400. The van der Waals surface area contributed by atoms with E-state index in [2.05, 4.69) is 36.0 Å². The number of nitrogens with one attached hydrogen (secondary N) is 1. The van der Waals surface area contributed by atoms with Crippen LogP contribution in [0.5, 0.6) is 0 Å². The Kier molecular flexibility index (Phi) is 4.68. The standard InChI is InChI=1S/C14H24ClN3/c1-4-11-14(15)13(18(5-2)17-11)9-10-7-6-8-12(10)16-3/h10,12,16H,4-9H2,1-3H3. The van der Waals surface area contributed by atoms with Gasteiger partial charge in [0.2, 0.25) is 0 Å². The van der Waals surface area contributed by atoms with E-state index in [9.17, 15) is 0 Å². The molecule has 0 bridgehead atoms. The molecule has 1 saturated carbocycles. The van der Waals surface area contributed by atoms with Crippen LogP contribution < -0.4 is 5.32 Å². The fourth-order valence-electron chi connectivity index (χ4n) is 3.12. The van der Waals surface area contributed by atoms with Crippen molar-refractivity contribution >= 4 is 11.6 Å². The number of aryl methyl sites for hydroxylation is 2. The zero-order chi connectivity index (χ0) is 13.1. The van der Waals surface area contributed by atoms with Crippen molar-refractivity contribution in [3.8, 4) is 0 Å². The highest BCUT2D eigenvalue weighted by Crippen LogP contribution is 2.32. The lowest BCUT2D eigenvalue weighted by molar-refractivity contribution is 0.411. The van der Waals surface area contributed by atoms with Crippen molar-refractivity contribution in [3.05, 3.63) is 16.4 Å². The Morgan fingerprint density at radius 2 is 2.17 bits per heavy atom. The zero-order valence-electron chi connectivity index (χ0n) is 11.7. The zero-order valence-corrected chi connectivity index (χ0v) is 12.4. The first-order valence-electron chi connectivity index (χ1n) is 7.12. The van der Waals surface area contributed by atoms with Gasteiger partial charge < -0.3 is 5.32 Å². The molecule has 2 atom stereocenters. The average molecular weight is 270 g/mol. The molecule has 0 saturated heterocycles. The third-order valence-corrected chi connectivity index (χ3v) is 4.62. The molecular formula is C14H24ClN3. The van der Waals surface area contributed by atoms with E-state index in [4.69, 9.17) is 11.6 Å². The Morgan fingerprint density at radius 3 is 2.78 bits per heavy atom. The summed E-state index contributed by atoms with van der Waals surface area (Å²) in [6.07, 6.45) is 5.90. The molecule has 4 heteroatoms. The minimum Gasteiger partial charge on any atom is -0.317 e. The fraction of sp³-hybridized carbons (Fsp3) is 0.786. The third-order valence-electron chi connectivity index (χ3n) is 4.18. The van der Waals surface area contributed by atoms with Gasteiger partial charge in [-0.3, -0.25) is 4.68 Å². The van der Waals surface area contributed by atoms with Crippen LogP contribution in [-0.2, 0) is 19.4 Å². The molecule has 2 rings (SSSR count). The fourth-order valence-corrected chi connectivity index (χ4v) is 3.47. The summed E-state index contributed by atoms with van der Waals surface area (Å²) in [5, 5.41) is 8.95. The molecule has 1 fully saturated rings. The minimum absolute atomic E-state index is 0.645. The van der Waals surface area contributed by atoms with Gasteiger partial charge in [-0.15, -0.1) is 0 Å². The van der Waals surface area contributed by atoms with Crippen molar-refractivity contribution < 1.29 is 0 Å². The van der Waals surface area contributed by atoms with Gasteiger partial charge in [-0.25, -0.2) is 0 Å². The smallest absolute Gasteiger partial charge is 0.0849 e. The molecule has 1 aromatic heterocycles. The third kappa shape index (κ3) is 2.57. The Morgan fingerprint density at radius 1 is 1.39 bits per heavy atom. The highest BCUT2D eigenvalue weighted by atomic mass is 35.5. The van der Waals surface area contributed by atoms with Crippen molar-refractivity contribution in [1.29, 1.82) is 0 Å². The number of rotatable bonds is 5. The van der Waals surface area contributed by atoms with Gasteiger partial charge in [0.05, 0.1) is 16.4 Å². The van der Waals surface area contributed by atoms with Crippen LogP contribution in [0.15, 0.2) is 0 Å². The maximum Gasteiger partial charge on any atom is 0.0849 e. The van der Waals surface area contributed by atoms with E-state index in [0.717, 1.165) is 30.1 Å². The summed E-state index contributed by atoms with van der Waals surface area (Å²) in [7, 11) is 2.07. The van der Waals surface area contributed by atoms with Crippen molar-refractivity contribution in [2.45, 2.75) is 58.5 Å². The van der Waals surface area contributed by atoms with Crippen LogP contribution in [-0.4, -0.2) is 22.9 Å². The summed E-state index contributed by atoms with van der Waals surface area (Å²) in [5.41, 5.74) is 2.29. The van der Waals surface area contributed by atoms with Gasteiger partial charge >= 0.3 is 0 Å². The van der Waals surface area contributed by atoms with Crippen molar-refractivity contribution in [3.63, 3.8) is 0 Å². The summed E-state index contributed by atoms with van der Waals surface area (Å²) < 4.78 is 2.09. The molecule has 0 aliphatic heterocycles. The minimum atomic E-state index is 0.645. The molecule has 0 spiro atoms. The lowest BCUT2D eigenvalue weighted by Gasteiger charge is -2.19. The molecule has 18 heavy (non-hydrogen) atoms. The summed E-state index contributed by atoms with van der Waals surface area (Å²) in [4.78, 5) is 0. The second-order valence-electron chi connectivity index (χ2n) is 5.17. The van der Waals surface area contributed by atoms with Gasteiger partial charge in [0, 0.05) is 12.6 Å². The van der Waals surface area contributed by atoms with Gasteiger partial charge in [-0.05, 0) is 45.6 Å². The van der Waals surface area contributed by atoms with E-state index in [0.29, 0.717) is 12.0 Å².